The lowest BCUT2D eigenvalue weighted by Gasteiger charge is -2.13. The summed E-state index contributed by atoms with van der Waals surface area (Å²) >= 11 is 0. The van der Waals surface area contributed by atoms with Crippen molar-refractivity contribution in [2.75, 3.05) is 7.11 Å². The number of aromatic amines is 1. The molecule has 0 radical (unpaired) electrons. The lowest BCUT2D eigenvalue weighted by atomic mass is 10.1. The van der Waals surface area contributed by atoms with Crippen LogP contribution < -0.4 is 15.0 Å². The molecule has 1 aromatic heterocycles. The van der Waals surface area contributed by atoms with Gasteiger partial charge in [-0.25, -0.2) is 13.1 Å². The summed E-state index contributed by atoms with van der Waals surface area (Å²) in [6.07, 6.45) is 0. The Kier molecular flexibility index (Phi) is 5.08. The molecule has 0 bridgehead atoms. The van der Waals surface area contributed by atoms with Crippen LogP contribution in [0.15, 0.2) is 46.1 Å². The van der Waals surface area contributed by atoms with Crippen LogP contribution in [-0.4, -0.2) is 20.5 Å². The highest BCUT2D eigenvalue weighted by atomic mass is 32.2. The predicted octanol–water partition coefficient (Wildman–Crippen LogP) is 2.94. The monoisotopic (exact) mass is 386 g/mol. The molecular formula is C20H22N2O4S. The second-order valence-electron chi connectivity index (χ2n) is 6.63. The van der Waals surface area contributed by atoms with Crippen LogP contribution in [-0.2, 0) is 16.6 Å². The number of sulfonamides is 1. The molecule has 0 fully saturated rings. The van der Waals surface area contributed by atoms with Crippen molar-refractivity contribution in [2.45, 2.75) is 32.2 Å². The van der Waals surface area contributed by atoms with Gasteiger partial charge in [0.15, 0.2) is 0 Å². The smallest absolute Gasteiger partial charge is 0.252 e. The minimum absolute atomic E-state index is 0.0566. The molecule has 3 rings (SSSR count). The number of aromatic nitrogens is 1. The van der Waals surface area contributed by atoms with E-state index in [0.717, 1.165) is 22.1 Å². The van der Waals surface area contributed by atoms with Crippen LogP contribution in [0.4, 0.5) is 0 Å². The van der Waals surface area contributed by atoms with Gasteiger partial charge in [-0.15, -0.1) is 0 Å². The summed E-state index contributed by atoms with van der Waals surface area (Å²) in [5.74, 6) is 0.272. The molecule has 0 saturated carbocycles. The van der Waals surface area contributed by atoms with Gasteiger partial charge in [0.2, 0.25) is 10.0 Å². The molecule has 0 aliphatic rings. The molecule has 0 saturated heterocycles. The van der Waals surface area contributed by atoms with Crippen molar-refractivity contribution in [3.63, 3.8) is 0 Å². The summed E-state index contributed by atoms with van der Waals surface area (Å²) < 4.78 is 33.3. The van der Waals surface area contributed by atoms with Crippen molar-refractivity contribution in [2.24, 2.45) is 0 Å². The predicted molar refractivity (Wildman–Crippen MR) is 106 cm³/mol. The first kappa shape index (κ1) is 19.1. The molecule has 1 heterocycles. The van der Waals surface area contributed by atoms with Crippen LogP contribution in [0.3, 0.4) is 0 Å². The Morgan fingerprint density at radius 2 is 1.74 bits per heavy atom. The van der Waals surface area contributed by atoms with Gasteiger partial charge in [-0.1, -0.05) is 11.6 Å². The number of methoxy groups -OCH3 is 1. The topological polar surface area (TPSA) is 88.3 Å². The highest BCUT2D eigenvalue weighted by Crippen LogP contribution is 2.27. The molecule has 27 heavy (non-hydrogen) atoms. The number of pyridine rings is 1. The van der Waals surface area contributed by atoms with Crippen LogP contribution >= 0.6 is 0 Å². The molecule has 7 heteroatoms. The number of H-pyrrole nitrogens is 1. The van der Waals surface area contributed by atoms with E-state index in [-0.39, 0.29) is 22.7 Å². The Morgan fingerprint density at radius 1 is 1.04 bits per heavy atom. The summed E-state index contributed by atoms with van der Waals surface area (Å²) in [5.41, 5.74) is 3.58. The number of hydrogen-bond acceptors (Lipinski definition) is 4. The zero-order valence-corrected chi connectivity index (χ0v) is 16.5. The largest absolute Gasteiger partial charge is 0.495 e. The molecule has 0 atom stereocenters. The average molecular weight is 386 g/mol. The maximum atomic E-state index is 12.8. The van der Waals surface area contributed by atoms with Gasteiger partial charge in [-0.05, 0) is 67.6 Å². The molecular weight excluding hydrogens is 364 g/mol. The molecule has 0 amide bonds. The van der Waals surface area contributed by atoms with E-state index in [0.29, 0.717) is 11.1 Å². The van der Waals surface area contributed by atoms with Gasteiger partial charge in [0.25, 0.3) is 5.56 Å². The lowest BCUT2D eigenvalue weighted by molar-refractivity contribution is 0.401. The van der Waals surface area contributed by atoms with Gasteiger partial charge in [-0.3, -0.25) is 4.79 Å². The third-order valence-corrected chi connectivity index (χ3v) is 6.02. The van der Waals surface area contributed by atoms with E-state index in [9.17, 15) is 13.2 Å². The van der Waals surface area contributed by atoms with Gasteiger partial charge in [0, 0.05) is 17.6 Å². The van der Waals surface area contributed by atoms with E-state index in [4.69, 9.17) is 4.74 Å². The number of fused-ring (bicyclic) bond motifs is 1. The van der Waals surface area contributed by atoms with Crippen LogP contribution in [0.2, 0.25) is 0 Å². The molecule has 0 aliphatic heterocycles. The molecule has 142 valence electrons. The van der Waals surface area contributed by atoms with Crippen molar-refractivity contribution in [3.8, 4) is 5.75 Å². The molecule has 0 spiro atoms. The molecule has 6 nitrogen and oxygen atoms in total. The van der Waals surface area contributed by atoms with Crippen molar-refractivity contribution in [1.82, 2.24) is 9.71 Å². The van der Waals surface area contributed by atoms with Crippen LogP contribution in [0.1, 0.15) is 22.3 Å². The van der Waals surface area contributed by atoms with Gasteiger partial charge in [0.05, 0.1) is 7.11 Å². The standard InChI is InChI=1S/C20H22N2O4S/c1-12-5-6-17-15(7-12)10-16(20(23)22-17)11-21-27(24,25)19-9-14(3)13(2)8-18(19)26-4/h5-10,21H,11H2,1-4H3,(H,22,23). The van der Waals surface area contributed by atoms with Crippen LogP contribution in [0, 0.1) is 20.8 Å². The van der Waals surface area contributed by atoms with Gasteiger partial charge in [-0.2, -0.15) is 0 Å². The SMILES string of the molecule is COc1cc(C)c(C)cc1S(=O)(=O)NCc1cc2cc(C)ccc2[nH]c1=O. The van der Waals surface area contributed by atoms with Crippen LogP contribution in [0.25, 0.3) is 10.9 Å². The normalized spacial score (nSPS) is 11.7. The number of rotatable bonds is 5. The van der Waals surface area contributed by atoms with Gasteiger partial charge >= 0.3 is 0 Å². The summed E-state index contributed by atoms with van der Waals surface area (Å²) in [6, 6.07) is 10.7. The Balaban J connectivity index is 1.94. The summed E-state index contributed by atoms with van der Waals surface area (Å²) in [6.45, 7) is 5.57. The van der Waals surface area contributed by atoms with Crippen molar-refractivity contribution >= 4 is 20.9 Å². The zero-order valence-electron chi connectivity index (χ0n) is 15.7. The van der Waals surface area contributed by atoms with Crippen molar-refractivity contribution in [1.29, 1.82) is 0 Å². The maximum Gasteiger partial charge on any atom is 0.252 e. The maximum absolute atomic E-state index is 12.8. The summed E-state index contributed by atoms with van der Waals surface area (Å²) in [5, 5.41) is 0.854. The molecule has 3 aromatic rings. The number of hydrogen-bond donors (Lipinski definition) is 2. The van der Waals surface area contributed by atoms with Crippen molar-refractivity contribution in [3.05, 3.63) is 69.0 Å². The van der Waals surface area contributed by atoms with E-state index in [1.54, 1.807) is 18.2 Å². The fraction of sp³-hybridized carbons (Fsp3) is 0.250. The van der Waals surface area contributed by atoms with Crippen molar-refractivity contribution < 1.29 is 13.2 Å². The Bertz CT molecular complexity index is 1180. The Labute approximate surface area is 158 Å². The molecule has 0 unspecified atom stereocenters. The first-order chi connectivity index (χ1) is 12.7. The number of ether oxygens (including phenoxy) is 1. The second-order valence-corrected chi connectivity index (χ2v) is 8.36. The Hall–Kier alpha value is -2.64. The highest BCUT2D eigenvalue weighted by Gasteiger charge is 2.21. The van der Waals surface area contributed by atoms with E-state index in [1.807, 2.05) is 39.0 Å². The fourth-order valence-corrected chi connectivity index (χ4v) is 4.13. The Morgan fingerprint density at radius 3 is 2.44 bits per heavy atom. The van der Waals surface area contributed by atoms with Crippen LogP contribution in [0.5, 0.6) is 5.75 Å². The number of nitrogens with one attached hydrogen (secondary N) is 2. The minimum atomic E-state index is -3.85. The van der Waals surface area contributed by atoms with E-state index < -0.39 is 10.0 Å². The van der Waals surface area contributed by atoms with E-state index >= 15 is 0 Å². The molecule has 0 aliphatic carbocycles. The number of aryl methyl sites for hydroxylation is 3. The summed E-state index contributed by atoms with van der Waals surface area (Å²) in [7, 11) is -2.42. The third kappa shape index (κ3) is 3.89. The first-order valence-electron chi connectivity index (χ1n) is 8.49. The minimum Gasteiger partial charge on any atom is -0.495 e. The van der Waals surface area contributed by atoms with Gasteiger partial charge in [0.1, 0.15) is 10.6 Å². The third-order valence-electron chi connectivity index (χ3n) is 4.60. The second kappa shape index (κ2) is 7.17. The lowest BCUT2D eigenvalue weighted by Crippen LogP contribution is -2.27. The molecule has 2 N–H and O–H groups in total. The average Bonchev–Trinajstić information content (AvgIpc) is 2.62. The quantitative estimate of drug-likeness (QED) is 0.706. The highest BCUT2D eigenvalue weighted by molar-refractivity contribution is 7.89. The fourth-order valence-electron chi connectivity index (χ4n) is 2.89. The molecule has 2 aromatic carbocycles. The van der Waals surface area contributed by atoms with E-state index in [2.05, 4.69) is 9.71 Å². The first-order valence-corrected chi connectivity index (χ1v) is 9.97. The van der Waals surface area contributed by atoms with Gasteiger partial charge < -0.3 is 9.72 Å². The number of benzene rings is 2. The summed E-state index contributed by atoms with van der Waals surface area (Å²) in [4.78, 5) is 15.1. The van der Waals surface area contributed by atoms with E-state index in [1.165, 1.54) is 7.11 Å². The zero-order chi connectivity index (χ0) is 19.8.